The van der Waals surface area contributed by atoms with Crippen molar-refractivity contribution in [1.82, 2.24) is 9.62 Å². The molecule has 0 aromatic heterocycles. The minimum atomic E-state index is -5.05. The third-order valence-corrected chi connectivity index (χ3v) is 5.77. The normalized spacial score (nSPS) is 14.2. The number of fused-ring (bicyclic) bond motifs is 1. The molecule has 0 bridgehead atoms. The smallest absolute Gasteiger partial charge is 0.464 e. The number of ether oxygens (including phenoxy) is 2. The Kier molecular flexibility index (Phi) is 7.65. The molecule has 1 aliphatic rings. The Bertz CT molecular complexity index is 945. The van der Waals surface area contributed by atoms with Crippen LogP contribution in [0.1, 0.15) is 25.0 Å². The second kappa shape index (κ2) is 9.64. The molecule has 31 heavy (non-hydrogen) atoms. The van der Waals surface area contributed by atoms with Crippen LogP contribution in [0.5, 0.6) is 0 Å². The highest BCUT2D eigenvalue weighted by atomic mass is 32.2. The van der Waals surface area contributed by atoms with E-state index in [1.54, 1.807) is 0 Å². The standard InChI is InChI=1S/C18H21F3N2O7S/c1-3-29-15(24)14(16(25)30-4-2)22-31(27,28)13-6-5-11-7-8-23(10-12(11)9-13)17(26)18(19,20)21/h5-6,9,14,22H,3-4,7-8,10H2,1-2H3. The summed E-state index contributed by atoms with van der Waals surface area (Å²) >= 11 is 0. The molecule has 13 heteroatoms. The van der Waals surface area contributed by atoms with Gasteiger partial charge in [-0.2, -0.15) is 17.9 Å². The highest BCUT2D eigenvalue weighted by Crippen LogP contribution is 2.26. The highest BCUT2D eigenvalue weighted by Gasteiger charge is 2.43. The van der Waals surface area contributed by atoms with Crippen LogP contribution in [-0.4, -0.2) is 63.1 Å². The Hall–Kier alpha value is -2.67. The Morgan fingerprint density at radius 1 is 1.10 bits per heavy atom. The zero-order valence-electron chi connectivity index (χ0n) is 16.7. The molecule has 1 amide bonds. The van der Waals surface area contributed by atoms with Crippen LogP contribution in [-0.2, 0) is 46.8 Å². The van der Waals surface area contributed by atoms with Crippen LogP contribution >= 0.6 is 0 Å². The molecule has 0 radical (unpaired) electrons. The fraction of sp³-hybridized carbons (Fsp3) is 0.500. The minimum absolute atomic E-state index is 0.110. The fourth-order valence-electron chi connectivity index (χ4n) is 2.92. The van der Waals surface area contributed by atoms with E-state index < -0.39 is 51.5 Å². The quantitative estimate of drug-likeness (QED) is 0.469. The maximum absolute atomic E-state index is 12.7. The van der Waals surface area contributed by atoms with Crippen molar-refractivity contribution in [2.45, 2.75) is 43.9 Å². The molecule has 0 spiro atoms. The molecule has 1 aromatic carbocycles. The van der Waals surface area contributed by atoms with Gasteiger partial charge in [0, 0.05) is 13.1 Å². The van der Waals surface area contributed by atoms with E-state index in [0.29, 0.717) is 10.5 Å². The van der Waals surface area contributed by atoms with Crippen LogP contribution < -0.4 is 4.72 Å². The number of sulfonamides is 1. The van der Waals surface area contributed by atoms with Crippen molar-refractivity contribution in [2.24, 2.45) is 0 Å². The summed E-state index contributed by atoms with van der Waals surface area (Å²) in [7, 11) is -4.46. The van der Waals surface area contributed by atoms with Crippen LogP contribution in [0.2, 0.25) is 0 Å². The molecule has 0 unspecified atom stereocenters. The van der Waals surface area contributed by atoms with Gasteiger partial charge in [-0.15, -0.1) is 0 Å². The third kappa shape index (κ3) is 5.94. The van der Waals surface area contributed by atoms with E-state index in [9.17, 15) is 36.0 Å². The first kappa shape index (κ1) is 24.6. The third-order valence-electron chi connectivity index (χ3n) is 4.35. The van der Waals surface area contributed by atoms with Crippen molar-refractivity contribution in [3.05, 3.63) is 29.3 Å². The van der Waals surface area contributed by atoms with Crippen molar-refractivity contribution < 1.29 is 45.4 Å². The lowest BCUT2D eigenvalue weighted by Gasteiger charge is -2.29. The number of esters is 2. The molecule has 1 heterocycles. The van der Waals surface area contributed by atoms with Gasteiger partial charge in [-0.1, -0.05) is 6.07 Å². The second-order valence-corrected chi connectivity index (χ2v) is 8.18. The number of amides is 1. The first-order valence-electron chi connectivity index (χ1n) is 9.24. The van der Waals surface area contributed by atoms with Crippen LogP contribution in [0.3, 0.4) is 0 Å². The van der Waals surface area contributed by atoms with Gasteiger partial charge in [-0.3, -0.25) is 4.79 Å². The lowest BCUT2D eigenvalue weighted by Crippen LogP contribution is -2.48. The van der Waals surface area contributed by atoms with Gasteiger partial charge in [0.25, 0.3) is 0 Å². The molecule has 0 fully saturated rings. The van der Waals surface area contributed by atoms with Crippen molar-refractivity contribution in [3.63, 3.8) is 0 Å². The number of carbonyl (C=O) groups excluding carboxylic acids is 3. The first-order chi connectivity index (χ1) is 14.4. The van der Waals surface area contributed by atoms with Gasteiger partial charge in [0.05, 0.1) is 18.1 Å². The highest BCUT2D eigenvalue weighted by molar-refractivity contribution is 7.89. The molecule has 1 aromatic rings. The molecule has 9 nitrogen and oxygen atoms in total. The number of halogens is 3. The number of hydrogen-bond acceptors (Lipinski definition) is 7. The van der Waals surface area contributed by atoms with Gasteiger partial charge in [0.15, 0.2) is 0 Å². The monoisotopic (exact) mass is 466 g/mol. The van der Waals surface area contributed by atoms with Gasteiger partial charge in [-0.05, 0) is 43.5 Å². The Balaban J connectivity index is 2.30. The summed E-state index contributed by atoms with van der Waals surface area (Å²) in [4.78, 5) is 35.7. The average Bonchev–Trinajstić information content (AvgIpc) is 2.70. The van der Waals surface area contributed by atoms with E-state index in [4.69, 9.17) is 9.47 Å². The van der Waals surface area contributed by atoms with Gasteiger partial charge < -0.3 is 14.4 Å². The molecule has 0 saturated carbocycles. The van der Waals surface area contributed by atoms with Crippen LogP contribution in [0.25, 0.3) is 0 Å². The predicted molar refractivity (Wildman–Crippen MR) is 99.0 cm³/mol. The van der Waals surface area contributed by atoms with Crippen LogP contribution in [0, 0.1) is 0 Å². The first-order valence-corrected chi connectivity index (χ1v) is 10.7. The summed E-state index contributed by atoms with van der Waals surface area (Å²) in [5, 5.41) is 0. The summed E-state index contributed by atoms with van der Waals surface area (Å²) in [6.07, 6.45) is -4.94. The summed E-state index contributed by atoms with van der Waals surface area (Å²) < 4.78 is 74.9. The van der Waals surface area contributed by atoms with Gasteiger partial charge in [0.1, 0.15) is 0 Å². The van der Waals surface area contributed by atoms with Crippen molar-refractivity contribution >= 4 is 27.9 Å². The molecular formula is C18H21F3N2O7S. The number of carbonyl (C=O) groups is 3. The van der Waals surface area contributed by atoms with Crippen LogP contribution in [0.15, 0.2) is 23.1 Å². The Labute approximate surface area is 176 Å². The number of rotatable bonds is 7. The van der Waals surface area contributed by atoms with Gasteiger partial charge in [-0.25, -0.2) is 18.0 Å². The minimum Gasteiger partial charge on any atom is -0.464 e. The van der Waals surface area contributed by atoms with E-state index in [-0.39, 0.29) is 31.7 Å². The number of benzene rings is 1. The van der Waals surface area contributed by atoms with E-state index in [1.807, 2.05) is 4.72 Å². The maximum atomic E-state index is 12.7. The van der Waals surface area contributed by atoms with Crippen molar-refractivity contribution in [3.8, 4) is 0 Å². The average molecular weight is 466 g/mol. The lowest BCUT2D eigenvalue weighted by molar-refractivity contribution is -0.186. The summed E-state index contributed by atoms with van der Waals surface area (Å²) in [6, 6.07) is 1.74. The summed E-state index contributed by atoms with van der Waals surface area (Å²) in [5.41, 5.74) is 0.785. The van der Waals surface area contributed by atoms with E-state index in [2.05, 4.69) is 0 Å². The molecule has 0 atom stereocenters. The fourth-order valence-corrected chi connectivity index (χ4v) is 4.10. The largest absolute Gasteiger partial charge is 0.471 e. The second-order valence-electron chi connectivity index (χ2n) is 6.46. The molecule has 0 aliphatic carbocycles. The molecule has 1 N–H and O–H groups in total. The number of alkyl halides is 3. The summed E-state index contributed by atoms with van der Waals surface area (Å²) in [6.45, 7) is 2.11. The Morgan fingerprint density at radius 2 is 1.68 bits per heavy atom. The molecular weight excluding hydrogens is 445 g/mol. The topological polar surface area (TPSA) is 119 Å². The van der Waals surface area contributed by atoms with E-state index in [0.717, 1.165) is 6.07 Å². The maximum Gasteiger partial charge on any atom is 0.471 e. The van der Waals surface area contributed by atoms with Crippen molar-refractivity contribution in [1.29, 1.82) is 0 Å². The van der Waals surface area contributed by atoms with Crippen LogP contribution in [0.4, 0.5) is 13.2 Å². The molecule has 0 saturated heterocycles. The zero-order chi connectivity index (χ0) is 23.4. The number of hydrogen-bond donors (Lipinski definition) is 1. The number of nitrogens with one attached hydrogen (secondary N) is 1. The lowest BCUT2D eigenvalue weighted by atomic mass is 10.00. The number of nitrogens with zero attached hydrogens (tertiary/aromatic N) is 1. The van der Waals surface area contributed by atoms with Crippen molar-refractivity contribution in [2.75, 3.05) is 19.8 Å². The summed E-state index contributed by atoms with van der Waals surface area (Å²) in [5.74, 6) is -4.34. The molecule has 2 rings (SSSR count). The van der Waals surface area contributed by atoms with Gasteiger partial charge in [0.2, 0.25) is 16.1 Å². The van der Waals surface area contributed by atoms with E-state index >= 15 is 0 Å². The van der Waals surface area contributed by atoms with Gasteiger partial charge >= 0.3 is 24.0 Å². The molecule has 1 aliphatic heterocycles. The predicted octanol–water partition coefficient (Wildman–Crippen LogP) is 0.907. The zero-order valence-corrected chi connectivity index (χ0v) is 17.5. The molecule has 172 valence electrons. The SMILES string of the molecule is CCOC(=O)C(NS(=O)(=O)c1ccc2c(c1)CN(C(=O)C(F)(F)F)CC2)C(=O)OCC. The Morgan fingerprint density at radius 3 is 2.19 bits per heavy atom. The van der Waals surface area contributed by atoms with E-state index in [1.165, 1.54) is 26.0 Å².